The molecular formula is C16H28FN5O3. The van der Waals surface area contributed by atoms with Gasteiger partial charge in [0.2, 0.25) is 5.91 Å². The van der Waals surface area contributed by atoms with Gasteiger partial charge in [0.15, 0.2) is 0 Å². The number of ether oxygens (including phenoxy) is 1. The normalized spacial score (nSPS) is 36.8. The number of alkyl halides is 1. The van der Waals surface area contributed by atoms with Crippen LogP contribution in [0.2, 0.25) is 0 Å². The fourth-order valence-electron chi connectivity index (χ4n) is 3.96. The topological polar surface area (TPSA) is 94.7 Å². The van der Waals surface area contributed by atoms with Crippen molar-refractivity contribution >= 4 is 11.9 Å². The summed E-state index contributed by atoms with van der Waals surface area (Å²) in [7, 11) is 1.25. The molecule has 3 fully saturated rings. The fourth-order valence-corrected chi connectivity index (χ4v) is 3.96. The molecule has 5 unspecified atom stereocenters. The van der Waals surface area contributed by atoms with Crippen molar-refractivity contribution in [2.75, 3.05) is 26.9 Å². The maximum absolute atomic E-state index is 14.2. The van der Waals surface area contributed by atoms with Gasteiger partial charge in [-0.2, -0.15) is 0 Å². The van der Waals surface area contributed by atoms with E-state index in [4.69, 9.17) is 4.74 Å². The first-order valence-electron chi connectivity index (χ1n) is 9.08. The molecule has 0 bridgehead atoms. The second-order valence-electron chi connectivity index (χ2n) is 7.02. The Balaban J connectivity index is 1.52. The molecule has 0 aromatic heterocycles. The van der Waals surface area contributed by atoms with Gasteiger partial charge in [-0.15, -0.1) is 0 Å². The minimum absolute atomic E-state index is 0.196. The van der Waals surface area contributed by atoms with Crippen molar-refractivity contribution in [2.45, 2.75) is 56.5 Å². The molecule has 0 aromatic carbocycles. The molecule has 1 amide bonds. The zero-order chi connectivity index (χ0) is 17.8. The van der Waals surface area contributed by atoms with E-state index < -0.39 is 24.1 Å². The maximum atomic E-state index is 14.2. The Morgan fingerprint density at radius 1 is 1.20 bits per heavy atom. The van der Waals surface area contributed by atoms with Crippen molar-refractivity contribution in [1.29, 1.82) is 0 Å². The number of halogens is 1. The molecule has 1 saturated carbocycles. The van der Waals surface area contributed by atoms with Gasteiger partial charge in [0, 0.05) is 25.8 Å². The van der Waals surface area contributed by atoms with Gasteiger partial charge in [-0.25, -0.2) is 15.2 Å². The fraction of sp³-hybridized carbons (Fsp3) is 0.875. The molecule has 4 N–H and O–H groups in total. The number of hydrogen-bond acceptors (Lipinski definition) is 7. The van der Waals surface area contributed by atoms with Crippen molar-refractivity contribution in [3.63, 3.8) is 0 Å². The summed E-state index contributed by atoms with van der Waals surface area (Å²) in [5.41, 5.74) is 6.26. The van der Waals surface area contributed by atoms with Gasteiger partial charge in [0.05, 0.1) is 13.3 Å². The van der Waals surface area contributed by atoms with Crippen molar-refractivity contribution in [1.82, 2.24) is 26.4 Å². The lowest BCUT2D eigenvalue weighted by molar-refractivity contribution is -0.150. The SMILES string of the molecule is COC(=O)C1C(F)CCCC1NC(=O)C1CCC(N2CCNC2)NN1. The minimum atomic E-state index is -1.27. The molecule has 1 aliphatic carbocycles. The van der Waals surface area contributed by atoms with Crippen LogP contribution in [-0.4, -0.2) is 68.1 Å². The highest BCUT2D eigenvalue weighted by Crippen LogP contribution is 2.28. The lowest BCUT2D eigenvalue weighted by Gasteiger charge is -2.37. The average Bonchev–Trinajstić information content (AvgIpc) is 3.16. The predicted molar refractivity (Wildman–Crippen MR) is 88.8 cm³/mol. The zero-order valence-corrected chi connectivity index (χ0v) is 14.6. The van der Waals surface area contributed by atoms with E-state index in [1.807, 2.05) is 0 Å². The number of nitrogens with zero attached hydrogens (tertiary/aromatic N) is 1. The van der Waals surface area contributed by atoms with Crippen molar-refractivity contribution in [3.8, 4) is 0 Å². The standard InChI is InChI=1S/C16H28FN5O3/c1-25-16(24)14-10(17)3-2-4-11(14)19-15(23)12-5-6-13(21-20-12)22-8-7-18-9-22/h10-14,18,20-21H,2-9H2,1H3,(H,19,23). The Bertz CT molecular complexity index is 480. The van der Waals surface area contributed by atoms with E-state index in [1.165, 1.54) is 7.11 Å². The highest BCUT2D eigenvalue weighted by atomic mass is 19.1. The van der Waals surface area contributed by atoms with Crippen LogP contribution in [0.15, 0.2) is 0 Å². The summed E-state index contributed by atoms with van der Waals surface area (Å²) >= 11 is 0. The van der Waals surface area contributed by atoms with Gasteiger partial charge in [-0.3, -0.25) is 14.5 Å². The van der Waals surface area contributed by atoms with Crippen LogP contribution >= 0.6 is 0 Å². The van der Waals surface area contributed by atoms with E-state index >= 15 is 0 Å². The van der Waals surface area contributed by atoms with Crippen LogP contribution in [0.5, 0.6) is 0 Å². The Kier molecular flexibility index (Phi) is 6.21. The molecule has 9 heteroatoms. The van der Waals surface area contributed by atoms with Crippen molar-refractivity contribution < 1.29 is 18.7 Å². The van der Waals surface area contributed by atoms with E-state index in [0.717, 1.165) is 26.2 Å². The number of carbonyl (C=O) groups excluding carboxylic acids is 2. The number of rotatable bonds is 4. The number of hydrogen-bond donors (Lipinski definition) is 4. The van der Waals surface area contributed by atoms with E-state index in [0.29, 0.717) is 25.7 Å². The second kappa shape index (κ2) is 8.39. The first kappa shape index (κ1) is 18.5. The van der Waals surface area contributed by atoms with Gasteiger partial charge in [-0.1, -0.05) is 0 Å². The molecule has 2 saturated heterocycles. The molecular weight excluding hydrogens is 329 g/mol. The zero-order valence-electron chi connectivity index (χ0n) is 14.6. The van der Waals surface area contributed by atoms with E-state index in [2.05, 4.69) is 26.4 Å². The van der Waals surface area contributed by atoms with Crippen LogP contribution < -0.4 is 21.5 Å². The van der Waals surface area contributed by atoms with Crippen molar-refractivity contribution in [3.05, 3.63) is 0 Å². The third-order valence-electron chi connectivity index (χ3n) is 5.42. The third kappa shape index (κ3) is 4.28. The third-order valence-corrected chi connectivity index (χ3v) is 5.42. The van der Waals surface area contributed by atoms with Gasteiger partial charge >= 0.3 is 5.97 Å². The highest BCUT2D eigenvalue weighted by Gasteiger charge is 2.41. The van der Waals surface area contributed by atoms with Crippen LogP contribution in [0.1, 0.15) is 32.1 Å². The van der Waals surface area contributed by atoms with Gasteiger partial charge in [-0.05, 0) is 32.1 Å². The number of nitrogens with one attached hydrogen (secondary N) is 4. The Morgan fingerprint density at radius 3 is 2.68 bits per heavy atom. The first-order chi connectivity index (χ1) is 12.1. The largest absolute Gasteiger partial charge is 0.469 e. The molecule has 3 aliphatic rings. The molecule has 5 atom stereocenters. The van der Waals surface area contributed by atoms with Crippen LogP contribution in [-0.2, 0) is 14.3 Å². The molecule has 0 spiro atoms. The maximum Gasteiger partial charge on any atom is 0.313 e. The summed E-state index contributed by atoms with van der Waals surface area (Å²) in [5.74, 6) is -1.70. The monoisotopic (exact) mass is 357 g/mol. The molecule has 0 radical (unpaired) electrons. The summed E-state index contributed by atoms with van der Waals surface area (Å²) in [4.78, 5) is 26.7. The Morgan fingerprint density at radius 2 is 2.04 bits per heavy atom. The summed E-state index contributed by atoms with van der Waals surface area (Å²) < 4.78 is 18.9. The quantitative estimate of drug-likeness (QED) is 0.491. The molecule has 142 valence electrons. The molecule has 3 rings (SSSR count). The highest BCUT2D eigenvalue weighted by molar-refractivity contribution is 5.83. The molecule has 8 nitrogen and oxygen atoms in total. The molecule has 0 aromatic rings. The lowest BCUT2D eigenvalue weighted by atomic mass is 9.82. The van der Waals surface area contributed by atoms with Crippen LogP contribution in [0.4, 0.5) is 4.39 Å². The van der Waals surface area contributed by atoms with Crippen LogP contribution in [0.3, 0.4) is 0 Å². The predicted octanol–water partition coefficient (Wildman–Crippen LogP) is -0.772. The summed E-state index contributed by atoms with van der Waals surface area (Å²) in [6.07, 6.45) is 2.05. The van der Waals surface area contributed by atoms with Crippen LogP contribution in [0.25, 0.3) is 0 Å². The number of methoxy groups -OCH3 is 1. The van der Waals surface area contributed by atoms with E-state index in [-0.39, 0.29) is 18.1 Å². The number of esters is 1. The van der Waals surface area contributed by atoms with Gasteiger partial charge in [0.25, 0.3) is 0 Å². The average molecular weight is 357 g/mol. The minimum Gasteiger partial charge on any atom is -0.469 e. The van der Waals surface area contributed by atoms with Gasteiger partial charge < -0.3 is 15.4 Å². The second-order valence-corrected chi connectivity index (χ2v) is 7.02. The molecule has 2 aliphatic heterocycles. The summed E-state index contributed by atoms with van der Waals surface area (Å²) in [6.45, 7) is 2.80. The van der Waals surface area contributed by atoms with Crippen molar-refractivity contribution in [2.24, 2.45) is 5.92 Å². The van der Waals surface area contributed by atoms with E-state index in [9.17, 15) is 14.0 Å². The number of carbonyl (C=O) groups is 2. The van der Waals surface area contributed by atoms with Gasteiger partial charge in [0.1, 0.15) is 18.1 Å². The van der Waals surface area contributed by atoms with Crippen LogP contribution in [0, 0.1) is 5.92 Å². The molecule has 25 heavy (non-hydrogen) atoms. The summed E-state index contributed by atoms with van der Waals surface area (Å²) in [6, 6.07) is -0.892. The number of amides is 1. The Hall–Kier alpha value is -1.29. The van der Waals surface area contributed by atoms with E-state index in [1.54, 1.807) is 0 Å². The lowest BCUT2D eigenvalue weighted by Crippen LogP contribution is -2.63. The Labute approximate surface area is 147 Å². The first-order valence-corrected chi connectivity index (χ1v) is 9.08. The summed E-state index contributed by atoms with van der Waals surface area (Å²) in [5, 5.41) is 6.14. The smallest absolute Gasteiger partial charge is 0.313 e. The molecule has 2 heterocycles. The number of hydrazine groups is 1.